The first-order valence-corrected chi connectivity index (χ1v) is 5.89. The molecule has 0 aliphatic heterocycles. The zero-order valence-electron chi connectivity index (χ0n) is 10.7. The average Bonchev–Trinajstić information content (AvgIpc) is 2.45. The second-order valence-corrected chi connectivity index (χ2v) is 4.17. The van der Waals surface area contributed by atoms with Gasteiger partial charge in [-0.1, -0.05) is 6.07 Å². The van der Waals surface area contributed by atoms with Crippen molar-refractivity contribution in [2.24, 2.45) is 5.73 Å². The van der Waals surface area contributed by atoms with Crippen molar-refractivity contribution >= 4 is 11.7 Å². The number of hydrogen-bond acceptors (Lipinski definition) is 4. The zero-order chi connectivity index (χ0) is 15.5. The summed E-state index contributed by atoms with van der Waals surface area (Å²) < 4.78 is 37.9. The zero-order valence-corrected chi connectivity index (χ0v) is 10.7. The van der Waals surface area contributed by atoms with Crippen LogP contribution in [-0.4, -0.2) is 15.9 Å². The molecule has 2 rings (SSSR count). The standard InChI is InChI=1S/C13H11F3N4O/c14-13(15,16)10-4-3-9(11(17)21)12(20-10)19-7-8-2-1-5-18-6-8/h1-6H,7H2,(H2,17,21)(H,19,20). The van der Waals surface area contributed by atoms with E-state index in [-0.39, 0.29) is 17.9 Å². The number of primary amides is 1. The summed E-state index contributed by atoms with van der Waals surface area (Å²) in [6, 6.07) is 5.14. The van der Waals surface area contributed by atoms with E-state index in [0.29, 0.717) is 0 Å². The van der Waals surface area contributed by atoms with Crippen LogP contribution in [0.15, 0.2) is 36.7 Å². The number of carbonyl (C=O) groups excluding carboxylic acids is 1. The van der Waals surface area contributed by atoms with Crippen molar-refractivity contribution in [3.05, 3.63) is 53.5 Å². The van der Waals surface area contributed by atoms with Crippen LogP contribution in [0.2, 0.25) is 0 Å². The molecule has 0 aliphatic carbocycles. The molecule has 0 aromatic carbocycles. The molecule has 0 radical (unpaired) electrons. The third kappa shape index (κ3) is 3.68. The number of nitrogens with zero attached hydrogens (tertiary/aromatic N) is 2. The number of amides is 1. The molecular weight excluding hydrogens is 285 g/mol. The molecule has 0 spiro atoms. The number of nitrogens with one attached hydrogen (secondary N) is 1. The molecule has 21 heavy (non-hydrogen) atoms. The van der Waals surface area contributed by atoms with Crippen LogP contribution in [0.4, 0.5) is 19.0 Å². The molecule has 1 amide bonds. The monoisotopic (exact) mass is 296 g/mol. The number of pyridine rings is 2. The van der Waals surface area contributed by atoms with Crippen molar-refractivity contribution in [3.63, 3.8) is 0 Å². The van der Waals surface area contributed by atoms with E-state index in [2.05, 4.69) is 15.3 Å². The second-order valence-electron chi connectivity index (χ2n) is 4.17. The van der Waals surface area contributed by atoms with Crippen LogP contribution in [-0.2, 0) is 12.7 Å². The van der Waals surface area contributed by atoms with Gasteiger partial charge in [-0.2, -0.15) is 13.2 Å². The maximum absolute atomic E-state index is 12.6. The summed E-state index contributed by atoms with van der Waals surface area (Å²) in [6.07, 6.45) is -1.48. The van der Waals surface area contributed by atoms with E-state index in [1.54, 1.807) is 24.5 Å². The first-order valence-electron chi connectivity index (χ1n) is 5.89. The number of halogens is 3. The number of alkyl halides is 3. The van der Waals surface area contributed by atoms with Crippen molar-refractivity contribution in [2.75, 3.05) is 5.32 Å². The third-order valence-electron chi connectivity index (χ3n) is 2.63. The number of carbonyl (C=O) groups is 1. The predicted octanol–water partition coefficient (Wildman–Crippen LogP) is 2.21. The molecule has 0 atom stereocenters. The number of aromatic nitrogens is 2. The van der Waals surface area contributed by atoms with Crippen LogP contribution in [0, 0.1) is 0 Å². The summed E-state index contributed by atoms with van der Waals surface area (Å²) in [7, 11) is 0. The lowest BCUT2D eigenvalue weighted by Crippen LogP contribution is -2.18. The number of anilines is 1. The van der Waals surface area contributed by atoms with Gasteiger partial charge in [0.2, 0.25) is 0 Å². The quantitative estimate of drug-likeness (QED) is 0.906. The summed E-state index contributed by atoms with van der Waals surface area (Å²) in [5, 5.41) is 2.67. The van der Waals surface area contributed by atoms with Crippen LogP contribution in [0.25, 0.3) is 0 Å². The highest BCUT2D eigenvalue weighted by Gasteiger charge is 2.33. The average molecular weight is 296 g/mol. The molecule has 8 heteroatoms. The molecule has 3 N–H and O–H groups in total. The SMILES string of the molecule is NC(=O)c1ccc(C(F)(F)F)nc1NCc1cccnc1. The van der Waals surface area contributed by atoms with Gasteiger partial charge in [-0.3, -0.25) is 9.78 Å². The van der Waals surface area contributed by atoms with Gasteiger partial charge in [0.15, 0.2) is 0 Å². The molecule has 0 unspecified atom stereocenters. The molecule has 0 aliphatic rings. The van der Waals surface area contributed by atoms with E-state index >= 15 is 0 Å². The van der Waals surface area contributed by atoms with Gasteiger partial charge in [0.05, 0.1) is 5.56 Å². The smallest absolute Gasteiger partial charge is 0.365 e. The number of hydrogen-bond donors (Lipinski definition) is 2. The Labute approximate surface area is 118 Å². The van der Waals surface area contributed by atoms with Crippen molar-refractivity contribution < 1.29 is 18.0 Å². The van der Waals surface area contributed by atoms with Crippen LogP contribution >= 0.6 is 0 Å². The summed E-state index contributed by atoms with van der Waals surface area (Å²) in [5.41, 5.74) is 4.66. The van der Waals surface area contributed by atoms with E-state index in [9.17, 15) is 18.0 Å². The Hall–Kier alpha value is -2.64. The van der Waals surface area contributed by atoms with Crippen LogP contribution in [0.1, 0.15) is 21.6 Å². The van der Waals surface area contributed by atoms with Gasteiger partial charge < -0.3 is 11.1 Å². The van der Waals surface area contributed by atoms with Gasteiger partial charge >= 0.3 is 6.18 Å². The van der Waals surface area contributed by atoms with Gasteiger partial charge in [0.25, 0.3) is 5.91 Å². The summed E-state index contributed by atoms with van der Waals surface area (Å²) in [4.78, 5) is 18.5. The normalized spacial score (nSPS) is 11.2. The maximum Gasteiger partial charge on any atom is 0.433 e. The van der Waals surface area contributed by atoms with Crippen LogP contribution < -0.4 is 11.1 Å². The molecule has 0 bridgehead atoms. The van der Waals surface area contributed by atoms with Crippen molar-refractivity contribution in [2.45, 2.75) is 12.7 Å². The second kappa shape index (κ2) is 5.78. The maximum atomic E-state index is 12.6. The van der Waals surface area contributed by atoms with Crippen molar-refractivity contribution in [1.29, 1.82) is 0 Å². The van der Waals surface area contributed by atoms with Gasteiger partial charge in [0, 0.05) is 18.9 Å². The van der Waals surface area contributed by atoms with Gasteiger partial charge in [0.1, 0.15) is 11.5 Å². The highest BCUT2D eigenvalue weighted by molar-refractivity contribution is 5.97. The molecule has 2 heterocycles. The topological polar surface area (TPSA) is 80.9 Å². The number of nitrogens with two attached hydrogens (primary N) is 1. The highest BCUT2D eigenvalue weighted by Crippen LogP contribution is 2.29. The summed E-state index contributed by atoms with van der Waals surface area (Å²) in [5.74, 6) is -1.06. The van der Waals surface area contributed by atoms with E-state index in [0.717, 1.165) is 17.7 Å². The van der Waals surface area contributed by atoms with E-state index in [1.807, 2.05) is 0 Å². The Bertz CT molecular complexity index is 644. The Morgan fingerprint density at radius 1 is 1.29 bits per heavy atom. The van der Waals surface area contributed by atoms with E-state index in [4.69, 9.17) is 5.73 Å². The summed E-state index contributed by atoms with van der Waals surface area (Å²) >= 11 is 0. The Kier molecular flexibility index (Phi) is 4.06. The third-order valence-corrected chi connectivity index (χ3v) is 2.63. The fraction of sp³-hybridized carbons (Fsp3) is 0.154. The lowest BCUT2D eigenvalue weighted by Gasteiger charge is -2.12. The largest absolute Gasteiger partial charge is 0.433 e. The minimum absolute atomic E-state index is 0.105. The van der Waals surface area contributed by atoms with Crippen LogP contribution in [0.3, 0.4) is 0 Å². The number of rotatable bonds is 4. The van der Waals surface area contributed by atoms with Gasteiger partial charge in [-0.25, -0.2) is 4.98 Å². The first-order chi connectivity index (χ1) is 9.88. The molecule has 110 valence electrons. The van der Waals surface area contributed by atoms with Crippen LogP contribution in [0.5, 0.6) is 0 Å². The molecule has 2 aromatic heterocycles. The lowest BCUT2D eigenvalue weighted by molar-refractivity contribution is -0.141. The minimum atomic E-state index is -4.60. The van der Waals surface area contributed by atoms with E-state index in [1.165, 1.54) is 0 Å². The van der Waals surface area contributed by atoms with Crippen molar-refractivity contribution in [3.8, 4) is 0 Å². The Morgan fingerprint density at radius 2 is 2.05 bits per heavy atom. The first kappa shape index (κ1) is 14.8. The molecule has 0 saturated heterocycles. The minimum Gasteiger partial charge on any atom is -0.365 e. The molecule has 2 aromatic rings. The Morgan fingerprint density at radius 3 is 2.62 bits per heavy atom. The van der Waals surface area contributed by atoms with Gasteiger partial charge in [-0.15, -0.1) is 0 Å². The summed E-state index contributed by atoms with van der Waals surface area (Å²) in [6.45, 7) is 0.169. The fourth-order valence-corrected chi connectivity index (χ4v) is 1.64. The molecule has 0 fully saturated rings. The van der Waals surface area contributed by atoms with E-state index < -0.39 is 17.8 Å². The predicted molar refractivity (Wildman–Crippen MR) is 69.3 cm³/mol. The molecule has 0 saturated carbocycles. The highest BCUT2D eigenvalue weighted by atomic mass is 19.4. The lowest BCUT2D eigenvalue weighted by atomic mass is 10.2. The molecule has 5 nitrogen and oxygen atoms in total. The fourth-order valence-electron chi connectivity index (χ4n) is 1.64. The van der Waals surface area contributed by atoms with Crippen molar-refractivity contribution in [1.82, 2.24) is 9.97 Å². The molecular formula is C13H11F3N4O. The van der Waals surface area contributed by atoms with Gasteiger partial charge in [-0.05, 0) is 23.8 Å². The Balaban J connectivity index is 2.29.